The molecular weight excluding hydrogens is 380 g/mol. The molecule has 1 fully saturated rings. The van der Waals surface area contributed by atoms with Crippen molar-refractivity contribution in [3.8, 4) is 0 Å². The van der Waals surface area contributed by atoms with Gasteiger partial charge in [0.2, 0.25) is 21.9 Å². The van der Waals surface area contributed by atoms with Crippen molar-refractivity contribution >= 4 is 21.9 Å². The minimum atomic E-state index is -3.67. The number of benzene rings is 1. The Morgan fingerprint density at radius 3 is 2.46 bits per heavy atom. The van der Waals surface area contributed by atoms with Crippen molar-refractivity contribution < 1.29 is 13.2 Å². The maximum atomic E-state index is 12.7. The molecule has 2 heterocycles. The molecule has 0 amide bonds. The standard InChI is InChI=1S/C18H26N6O3S/c1-13-5-6-15(11-14(13)2)28(25,26)19-12-16-20-17(23(3)4)22-18(21-16)24-7-9-27-10-8-24/h5-6,11,19H,7-10,12H2,1-4H3. The summed E-state index contributed by atoms with van der Waals surface area (Å²) in [5.74, 6) is 1.38. The topological polar surface area (TPSA) is 101 Å². The highest BCUT2D eigenvalue weighted by molar-refractivity contribution is 7.89. The van der Waals surface area contributed by atoms with E-state index in [-0.39, 0.29) is 11.4 Å². The number of nitrogens with one attached hydrogen (secondary N) is 1. The molecule has 1 N–H and O–H groups in total. The van der Waals surface area contributed by atoms with Crippen molar-refractivity contribution in [1.82, 2.24) is 19.7 Å². The van der Waals surface area contributed by atoms with Crippen LogP contribution in [0, 0.1) is 13.8 Å². The summed E-state index contributed by atoms with van der Waals surface area (Å²) in [6, 6.07) is 5.06. The molecule has 1 aromatic heterocycles. The highest BCUT2D eigenvalue weighted by Gasteiger charge is 2.19. The first-order valence-corrected chi connectivity index (χ1v) is 10.6. The third-order valence-electron chi connectivity index (χ3n) is 4.56. The SMILES string of the molecule is Cc1ccc(S(=O)(=O)NCc2nc(N(C)C)nc(N3CCOCC3)n2)cc1C. The Balaban J connectivity index is 1.82. The van der Waals surface area contributed by atoms with Crippen molar-refractivity contribution in [2.24, 2.45) is 0 Å². The molecule has 0 atom stereocenters. The van der Waals surface area contributed by atoms with Gasteiger partial charge in [-0.05, 0) is 37.1 Å². The first kappa shape index (κ1) is 20.4. The van der Waals surface area contributed by atoms with Gasteiger partial charge in [0.15, 0.2) is 5.82 Å². The zero-order chi connectivity index (χ0) is 20.3. The number of nitrogens with zero attached hydrogens (tertiary/aromatic N) is 5. The molecule has 10 heteroatoms. The van der Waals surface area contributed by atoms with Crippen LogP contribution in [0.4, 0.5) is 11.9 Å². The fourth-order valence-corrected chi connectivity index (χ4v) is 3.77. The van der Waals surface area contributed by atoms with Crippen molar-refractivity contribution in [3.63, 3.8) is 0 Å². The molecule has 0 aliphatic carbocycles. The average Bonchev–Trinajstić information content (AvgIpc) is 2.69. The van der Waals surface area contributed by atoms with Gasteiger partial charge in [0.05, 0.1) is 24.7 Å². The molecule has 152 valence electrons. The van der Waals surface area contributed by atoms with Gasteiger partial charge >= 0.3 is 0 Å². The molecule has 9 nitrogen and oxygen atoms in total. The summed E-state index contributed by atoms with van der Waals surface area (Å²) in [6.07, 6.45) is 0. The molecule has 3 rings (SSSR count). The van der Waals surface area contributed by atoms with Crippen LogP contribution in [0.25, 0.3) is 0 Å². The van der Waals surface area contributed by atoms with Crippen LogP contribution in [0.5, 0.6) is 0 Å². The second-order valence-corrected chi connectivity index (χ2v) is 8.68. The lowest BCUT2D eigenvalue weighted by atomic mass is 10.1. The van der Waals surface area contributed by atoms with E-state index in [1.165, 1.54) is 0 Å². The number of aryl methyl sites for hydroxylation is 2. The van der Waals surface area contributed by atoms with Crippen molar-refractivity contribution in [2.75, 3.05) is 50.2 Å². The number of morpholine rings is 1. The molecule has 28 heavy (non-hydrogen) atoms. The van der Waals surface area contributed by atoms with Crippen LogP contribution in [-0.2, 0) is 21.3 Å². The van der Waals surface area contributed by atoms with Crippen LogP contribution < -0.4 is 14.5 Å². The van der Waals surface area contributed by atoms with E-state index in [1.54, 1.807) is 23.1 Å². The molecule has 1 aliphatic heterocycles. The van der Waals surface area contributed by atoms with Crippen molar-refractivity contribution in [2.45, 2.75) is 25.3 Å². The van der Waals surface area contributed by atoms with Gasteiger partial charge in [-0.3, -0.25) is 0 Å². The molecule has 0 saturated carbocycles. The van der Waals surface area contributed by atoms with E-state index in [4.69, 9.17) is 4.74 Å². The Hall–Kier alpha value is -2.30. The average molecular weight is 407 g/mol. The fraction of sp³-hybridized carbons (Fsp3) is 0.500. The van der Waals surface area contributed by atoms with E-state index < -0.39 is 10.0 Å². The summed E-state index contributed by atoms with van der Waals surface area (Å²) in [5.41, 5.74) is 1.97. The van der Waals surface area contributed by atoms with Crippen molar-refractivity contribution in [3.05, 3.63) is 35.2 Å². The zero-order valence-electron chi connectivity index (χ0n) is 16.6. The second kappa shape index (κ2) is 8.38. The lowest BCUT2D eigenvalue weighted by molar-refractivity contribution is 0.122. The third kappa shape index (κ3) is 4.75. The number of hydrogen-bond donors (Lipinski definition) is 1. The summed E-state index contributed by atoms with van der Waals surface area (Å²) in [7, 11) is 0.00340. The summed E-state index contributed by atoms with van der Waals surface area (Å²) in [4.78, 5) is 17.3. The molecule has 0 radical (unpaired) electrons. The predicted molar refractivity (Wildman–Crippen MR) is 107 cm³/mol. The summed E-state index contributed by atoms with van der Waals surface area (Å²) < 4.78 is 33.3. The van der Waals surface area contributed by atoms with Crippen molar-refractivity contribution in [1.29, 1.82) is 0 Å². The van der Waals surface area contributed by atoms with E-state index in [1.807, 2.05) is 32.8 Å². The molecule has 1 aliphatic rings. The zero-order valence-corrected chi connectivity index (χ0v) is 17.5. The Bertz CT molecular complexity index is 942. The summed E-state index contributed by atoms with van der Waals surface area (Å²) >= 11 is 0. The Morgan fingerprint density at radius 2 is 1.82 bits per heavy atom. The van der Waals surface area contributed by atoms with E-state index in [2.05, 4.69) is 19.7 Å². The van der Waals surface area contributed by atoms with Gasteiger partial charge in [-0.2, -0.15) is 15.0 Å². The molecule has 1 saturated heterocycles. The van der Waals surface area contributed by atoms with Gasteiger partial charge in [-0.25, -0.2) is 13.1 Å². The van der Waals surface area contributed by atoms with Gasteiger partial charge in [0.1, 0.15) is 0 Å². The first-order chi connectivity index (χ1) is 13.3. The second-order valence-electron chi connectivity index (χ2n) is 6.92. The largest absolute Gasteiger partial charge is 0.378 e. The monoisotopic (exact) mass is 406 g/mol. The maximum Gasteiger partial charge on any atom is 0.240 e. The van der Waals surface area contributed by atoms with E-state index in [0.717, 1.165) is 11.1 Å². The Kier molecular flexibility index (Phi) is 6.11. The highest BCUT2D eigenvalue weighted by Crippen LogP contribution is 2.17. The number of ether oxygens (including phenoxy) is 1. The van der Waals surface area contributed by atoms with E-state index in [0.29, 0.717) is 44.0 Å². The van der Waals surface area contributed by atoms with Gasteiger partial charge < -0.3 is 14.5 Å². The number of aromatic nitrogens is 3. The maximum absolute atomic E-state index is 12.7. The van der Waals surface area contributed by atoms with Crippen LogP contribution >= 0.6 is 0 Å². The number of hydrogen-bond acceptors (Lipinski definition) is 8. The molecule has 0 spiro atoms. The summed E-state index contributed by atoms with van der Waals surface area (Å²) in [5, 5.41) is 0. The summed E-state index contributed by atoms with van der Waals surface area (Å²) in [6.45, 7) is 6.40. The van der Waals surface area contributed by atoms with Crippen LogP contribution in [0.1, 0.15) is 17.0 Å². The van der Waals surface area contributed by atoms with Crippen LogP contribution in [0.2, 0.25) is 0 Å². The Labute approximate surface area is 165 Å². The van der Waals surface area contributed by atoms with Gasteiger partial charge in [-0.15, -0.1) is 0 Å². The van der Waals surface area contributed by atoms with Gasteiger partial charge in [0.25, 0.3) is 0 Å². The number of sulfonamides is 1. The van der Waals surface area contributed by atoms with Gasteiger partial charge in [0, 0.05) is 27.2 Å². The van der Waals surface area contributed by atoms with E-state index >= 15 is 0 Å². The quantitative estimate of drug-likeness (QED) is 0.754. The Morgan fingerprint density at radius 1 is 1.11 bits per heavy atom. The molecule has 0 bridgehead atoms. The van der Waals surface area contributed by atoms with Crippen LogP contribution in [0.3, 0.4) is 0 Å². The van der Waals surface area contributed by atoms with Crippen LogP contribution in [-0.4, -0.2) is 63.8 Å². The predicted octanol–water partition coefficient (Wildman–Crippen LogP) is 0.870. The fourth-order valence-electron chi connectivity index (χ4n) is 2.70. The minimum Gasteiger partial charge on any atom is -0.378 e. The first-order valence-electron chi connectivity index (χ1n) is 9.08. The molecular formula is C18H26N6O3S. The van der Waals surface area contributed by atoms with E-state index in [9.17, 15) is 8.42 Å². The lowest BCUT2D eigenvalue weighted by Crippen LogP contribution is -2.38. The van der Waals surface area contributed by atoms with Crippen LogP contribution in [0.15, 0.2) is 23.1 Å². The highest BCUT2D eigenvalue weighted by atomic mass is 32.2. The third-order valence-corrected chi connectivity index (χ3v) is 5.96. The number of rotatable bonds is 6. The number of anilines is 2. The molecule has 2 aromatic rings. The normalized spacial score (nSPS) is 14.9. The lowest BCUT2D eigenvalue weighted by Gasteiger charge is -2.27. The molecule has 0 unspecified atom stereocenters. The minimum absolute atomic E-state index is 0.0179. The smallest absolute Gasteiger partial charge is 0.240 e. The van der Waals surface area contributed by atoms with Gasteiger partial charge in [-0.1, -0.05) is 6.07 Å². The molecule has 1 aromatic carbocycles.